The van der Waals surface area contributed by atoms with Crippen LogP contribution in [0.2, 0.25) is 0 Å². The van der Waals surface area contributed by atoms with Gasteiger partial charge < -0.3 is 9.47 Å². The fourth-order valence-electron chi connectivity index (χ4n) is 4.92. The van der Waals surface area contributed by atoms with Gasteiger partial charge >= 0.3 is 11.9 Å². The highest BCUT2D eigenvalue weighted by atomic mass is 16.6. The van der Waals surface area contributed by atoms with Gasteiger partial charge in [-0.15, -0.1) is 0 Å². The van der Waals surface area contributed by atoms with Gasteiger partial charge in [0.05, 0.1) is 0 Å². The number of esters is 2. The van der Waals surface area contributed by atoms with Gasteiger partial charge in [0, 0.05) is 25.2 Å². The van der Waals surface area contributed by atoms with Crippen LogP contribution >= 0.6 is 0 Å². The highest BCUT2D eigenvalue weighted by Crippen LogP contribution is 2.40. The predicted octanol–water partition coefficient (Wildman–Crippen LogP) is 5.74. The SMILES string of the molecule is C=C1CCC(CC(=O)OCCOC(=O)CC2CCC(=O)C2C/C=C\CC)C1C/C=C\CC. The average Bonchev–Trinajstić information content (AvgIpc) is 3.28. The summed E-state index contributed by atoms with van der Waals surface area (Å²) in [5, 5.41) is 0. The number of hydrogen-bond acceptors (Lipinski definition) is 5. The van der Waals surface area contributed by atoms with Crippen LogP contribution in [-0.2, 0) is 23.9 Å². The van der Waals surface area contributed by atoms with Crippen molar-refractivity contribution in [2.75, 3.05) is 13.2 Å². The summed E-state index contributed by atoms with van der Waals surface area (Å²) in [5.74, 6) is 0.276. The van der Waals surface area contributed by atoms with E-state index in [-0.39, 0.29) is 55.1 Å². The molecule has 0 aromatic heterocycles. The first-order valence-electron chi connectivity index (χ1n) is 12.3. The van der Waals surface area contributed by atoms with Crippen LogP contribution in [-0.4, -0.2) is 30.9 Å². The first kappa shape index (κ1) is 26.1. The number of rotatable bonds is 13. The lowest BCUT2D eigenvalue weighted by Gasteiger charge is -2.18. The third kappa shape index (κ3) is 8.40. The Balaban J connectivity index is 1.66. The molecule has 2 saturated carbocycles. The zero-order valence-corrected chi connectivity index (χ0v) is 19.9. The lowest BCUT2D eigenvalue weighted by Crippen LogP contribution is -2.21. The Labute approximate surface area is 193 Å². The molecule has 4 atom stereocenters. The smallest absolute Gasteiger partial charge is 0.306 e. The number of Topliss-reactive ketones (excluding diaryl/α,β-unsaturated/α-hetero) is 1. The molecule has 2 fully saturated rings. The number of carbonyl (C=O) groups is 3. The van der Waals surface area contributed by atoms with Crippen molar-refractivity contribution in [3.8, 4) is 0 Å². The average molecular weight is 445 g/mol. The summed E-state index contributed by atoms with van der Waals surface area (Å²) < 4.78 is 10.6. The van der Waals surface area contributed by atoms with Crippen LogP contribution < -0.4 is 0 Å². The van der Waals surface area contributed by atoms with Crippen molar-refractivity contribution >= 4 is 17.7 Å². The van der Waals surface area contributed by atoms with Gasteiger partial charge in [0.25, 0.3) is 0 Å². The van der Waals surface area contributed by atoms with Crippen LogP contribution in [0.4, 0.5) is 0 Å². The van der Waals surface area contributed by atoms with E-state index in [0.29, 0.717) is 25.2 Å². The number of ketones is 1. The molecule has 0 aromatic carbocycles. The predicted molar refractivity (Wildman–Crippen MR) is 126 cm³/mol. The molecule has 178 valence electrons. The normalized spacial score (nSPS) is 25.8. The summed E-state index contributed by atoms with van der Waals surface area (Å²) in [4.78, 5) is 36.6. The van der Waals surface area contributed by atoms with Gasteiger partial charge in [0.15, 0.2) is 0 Å². The Morgan fingerprint density at radius 2 is 1.34 bits per heavy atom. The molecule has 0 aliphatic heterocycles. The van der Waals surface area contributed by atoms with Crippen molar-refractivity contribution in [3.63, 3.8) is 0 Å². The quantitative estimate of drug-likeness (QED) is 0.206. The number of ether oxygens (including phenoxy) is 2. The van der Waals surface area contributed by atoms with E-state index in [1.54, 1.807) is 0 Å². The summed E-state index contributed by atoms with van der Waals surface area (Å²) in [6, 6.07) is 0. The Hall–Kier alpha value is -2.17. The number of hydrogen-bond donors (Lipinski definition) is 0. The van der Waals surface area contributed by atoms with Crippen molar-refractivity contribution in [1.29, 1.82) is 0 Å². The standard InChI is InChI=1S/C27H40O5/c1-4-6-8-10-23-20(3)12-13-21(23)18-26(29)31-16-17-32-27(30)19-22-14-15-25(28)24(22)11-9-7-5-2/h6-9,21-24H,3-5,10-19H2,1-2H3/b8-6-,9-7-. The monoisotopic (exact) mass is 444 g/mol. The lowest BCUT2D eigenvalue weighted by molar-refractivity contribution is -0.153. The van der Waals surface area contributed by atoms with Crippen molar-refractivity contribution in [1.82, 2.24) is 0 Å². The first-order chi connectivity index (χ1) is 15.5. The molecular weight excluding hydrogens is 404 g/mol. The second-order valence-corrected chi connectivity index (χ2v) is 9.01. The van der Waals surface area contributed by atoms with Gasteiger partial charge in [0.2, 0.25) is 0 Å². The van der Waals surface area contributed by atoms with Crippen LogP contribution in [0.15, 0.2) is 36.5 Å². The molecule has 0 radical (unpaired) electrons. The van der Waals surface area contributed by atoms with E-state index in [2.05, 4.69) is 38.7 Å². The summed E-state index contributed by atoms with van der Waals surface area (Å²) in [5.41, 5.74) is 1.23. The van der Waals surface area contributed by atoms with E-state index in [9.17, 15) is 14.4 Å². The van der Waals surface area contributed by atoms with Gasteiger partial charge in [-0.25, -0.2) is 0 Å². The third-order valence-corrected chi connectivity index (χ3v) is 6.73. The minimum Gasteiger partial charge on any atom is -0.462 e. The fraction of sp³-hybridized carbons (Fsp3) is 0.667. The number of allylic oxidation sites excluding steroid dienone is 5. The van der Waals surface area contributed by atoms with Crippen LogP contribution in [0.3, 0.4) is 0 Å². The largest absolute Gasteiger partial charge is 0.462 e. The lowest BCUT2D eigenvalue weighted by atomic mass is 9.88. The van der Waals surface area contributed by atoms with Crippen LogP contribution in [0.25, 0.3) is 0 Å². The summed E-state index contributed by atoms with van der Waals surface area (Å²) in [6.45, 7) is 8.47. The van der Waals surface area contributed by atoms with Crippen molar-refractivity contribution in [2.45, 2.75) is 78.1 Å². The molecule has 4 unspecified atom stereocenters. The van der Waals surface area contributed by atoms with Gasteiger partial charge in [0.1, 0.15) is 19.0 Å². The van der Waals surface area contributed by atoms with Crippen molar-refractivity contribution in [3.05, 3.63) is 36.5 Å². The van der Waals surface area contributed by atoms with Crippen LogP contribution in [0.5, 0.6) is 0 Å². The van der Waals surface area contributed by atoms with Crippen molar-refractivity contribution in [2.24, 2.45) is 23.7 Å². The fourth-order valence-corrected chi connectivity index (χ4v) is 4.92. The summed E-state index contributed by atoms with van der Waals surface area (Å²) in [6.07, 6.45) is 15.9. The molecule has 0 N–H and O–H groups in total. The highest BCUT2D eigenvalue weighted by molar-refractivity contribution is 5.84. The molecule has 0 saturated heterocycles. The first-order valence-corrected chi connectivity index (χ1v) is 12.3. The molecule has 2 rings (SSSR count). The van der Waals surface area contributed by atoms with Gasteiger partial charge in [-0.05, 0) is 62.7 Å². The molecule has 0 spiro atoms. The Kier molecular flexibility index (Phi) is 11.5. The molecule has 5 heteroatoms. The second-order valence-electron chi connectivity index (χ2n) is 9.01. The zero-order chi connectivity index (χ0) is 23.3. The van der Waals surface area contributed by atoms with Crippen LogP contribution in [0, 0.1) is 23.7 Å². The van der Waals surface area contributed by atoms with E-state index in [0.717, 1.165) is 38.5 Å². The molecular formula is C27H40O5. The minimum atomic E-state index is -0.319. The zero-order valence-electron chi connectivity index (χ0n) is 19.9. The summed E-state index contributed by atoms with van der Waals surface area (Å²) in [7, 11) is 0. The number of carbonyl (C=O) groups excluding carboxylic acids is 3. The summed E-state index contributed by atoms with van der Waals surface area (Å²) >= 11 is 0. The molecule has 2 aliphatic rings. The molecule has 0 bridgehead atoms. The topological polar surface area (TPSA) is 69.7 Å². The molecule has 32 heavy (non-hydrogen) atoms. The molecule has 0 aromatic rings. The van der Waals surface area contributed by atoms with Crippen LogP contribution in [0.1, 0.15) is 78.1 Å². The maximum Gasteiger partial charge on any atom is 0.306 e. The molecule has 0 amide bonds. The van der Waals surface area contributed by atoms with Crippen molar-refractivity contribution < 1.29 is 23.9 Å². The third-order valence-electron chi connectivity index (χ3n) is 6.73. The molecule has 0 heterocycles. The Morgan fingerprint density at radius 1 is 0.844 bits per heavy atom. The van der Waals surface area contributed by atoms with E-state index < -0.39 is 0 Å². The van der Waals surface area contributed by atoms with E-state index in [1.165, 1.54) is 5.57 Å². The Bertz CT molecular complexity index is 645. The van der Waals surface area contributed by atoms with Gasteiger partial charge in [-0.3, -0.25) is 14.4 Å². The highest BCUT2D eigenvalue weighted by Gasteiger charge is 2.35. The second kappa shape index (κ2) is 14.1. The van der Waals surface area contributed by atoms with Gasteiger partial charge in [-0.1, -0.05) is 50.3 Å². The van der Waals surface area contributed by atoms with Gasteiger partial charge in [-0.2, -0.15) is 0 Å². The molecule has 2 aliphatic carbocycles. The van der Waals surface area contributed by atoms with E-state index >= 15 is 0 Å². The Morgan fingerprint density at radius 3 is 1.91 bits per heavy atom. The molecule has 5 nitrogen and oxygen atoms in total. The maximum atomic E-state index is 12.3. The van der Waals surface area contributed by atoms with E-state index in [4.69, 9.17) is 9.47 Å². The maximum absolute atomic E-state index is 12.3. The minimum absolute atomic E-state index is 0.0493. The van der Waals surface area contributed by atoms with E-state index in [1.807, 2.05) is 6.08 Å².